The first-order chi connectivity index (χ1) is 14.0. The number of halogens is 1. The summed E-state index contributed by atoms with van der Waals surface area (Å²) in [6.07, 6.45) is 1.93. The van der Waals surface area contributed by atoms with E-state index in [0.29, 0.717) is 6.54 Å². The Balaban J connectivity index is 1.62. The normalized spacial score (nSPS) is 12.4. The van der Waals surface area contributed by atoms with Gasteiger partial charge in [0, 0.05) is 17.8 Å². The lowest BCUT2D eigenvalue weighted by atomic mass is 10.2. The molecule has 3 aromatic rings. The second-order valence-corrected chi connectivity index (χ2v) is 6.27. The lowest BCUT2D eigenvalue weighted by Crippen LogP contribution is -2.30. The van der Waals surface area contributed by atoms with Crippen LogP contribution in [0.2, 0.25) is 0 Å². The molecule has 2 heterocycles. The number of para-hydroxylation sites is 1. The van der Waals surface area contributed by atoms with Crippen molar-refractivity contribution >= 4 is 28.9 Å². The molecule has 1 aromatic heterocycles. The van der Waals surface area contributed by atoms with Crippen LogP contribution in [-0.4, -0.2) is 27.3 Å². The molecular formula is C19H15FN6O3. The SMILES string of the molecule is O=C(NNc1ncnc(N2CCc3ccccc32)c1[N+](=O)[O-])c1ccc(F)cc1. The zero-order valence-electron chi connectivity index (χ0n) is 15.0. The summed E-state index contributed by atoms with van der Waals surface area (Å²) in [4.78, 5) is 33.1. The van der Waals surface area contributed by atoms with Gasteiger partial charge in [0.2, 0.25) is 11.6 Å². The molecule has 4 rings (SSSR count). The predicted octanol–water partition coefficient (Wildman–Crippen LogP) is 2.98. The van der Waals surface area contributed by atoms with Crippen molar-refractivity contribution < 1.29 is 14.1 Å². The summed E-state index contributed by atoms with van der Waals surface area (Å²) in [5, 5.41) is 11.8. The van der Waals surface area contributed by atoms with Crippen molar-refractivity contribution in [3.8, 4) is 0 Å². The first-order valence-corrected chi connectivity index (χ1v) is 8.71. The largest absolute Gasteiger partial charge is 0.355 e. The molecule has 2 aromatic carbocycles. The van der Waals surface area contributed by atoms with Gasteiger partial charge in [0.1, 0.15) is 12.1 Å². The maximum Gasteiger partial charge on any atom is 0.355 e. The average Bonchev–Trinajstić information content (AvgIpc) is 3.16. The number of amides is 1. The van der Waals surface area contributed by atoms with E-state index in [1.165, 1.54) is 18.5 Å². The molecule has 10 heteroatoms. The van der Waals surface area contributed by atoms with Crippen molar-refractivity contribution in [1.82, 2.24) is 15.4 Å². The van der Waals surface area contributed by atoms with Crippen LogP contribution in [0.4, 0.5) is 27.4 Å². The number of aromatic nitrogens is 2. The number of hydrogen-bond acceptors (Lipinski definition) is 7. The molecule has 0 unspecified atom stereocenters. The maximum atomic E-state index is 13.0. The third-order valence-electron chi connectivity index (χ3n) is 4.53. The van der Waals surface area contributed by atoms with Gasteiger partial charge >= 0.3 is 5.69 Å². The quantitative estimate of drug-likeness (QED) is 0.505. The van der Waals surface area contributed by atoms with Crippen LogP contribution < -0.4 is 15.8 Å². The molecule has 0 spiro atoms. The van der Waals surface area contributed by atoms with Crippen LogP contribution in [0, 0.1) is 15.9 Å². The number of fused-ring (bicyclic) bond motifs is 1. The Morgan fingerprint density at radius 3 is 2.66 bits per heavy atom. The van der Waals surface area contributed by atoms with Gasteiger partial charge in [-0.2, -0.15) is 0 Å². The van der Waals surface area contributed by atoms with Crippen LogP contribution in [0.5, 0.6) is 0 Å². The van der Waals surface area contributed by atoms with Crippen molar-refractivity contribution in [2.45, 2.75) is 6.42 Å². The van der Waals surface area contributed by atoms with Crippen LogP contribution in [0.1, 0.15) is 15.9 Å². The van der Waals surface area contributed by atoms with Gasteiger partial charge in [-0.1, -0.05) is 18.2 Å². The number of nitrogens with zero attached hydrogens (tertiary/aromatic N) is 4. The van der Waals surface area contributed by atoms with E-state index >= 15 is 0 Å². The summed E-state index contributed by atoms with van der Waals surface area (Å²) in [7, 11) is 0. The molecule has 0 atom stereocenters. The molecule has 0 fully saturated rings. The molecule has 0 radical (unpaired) electrons. The van der Waals surface area contributed by atoms with E-state index in [2.05, 4.69) is 20.8 Å². The van der Waals surface area contributed by atoms with Crippen molar-refractivity contribution in [1.29, 1.82) is 0 Å². The number of carbonyl (C=O) groups excluding carboxylic acids is 1. The number of anilines is 3. The van der Waals surface area contributed by atoms with Crippen molar-refractivity contribution in [2.75, 3.05) is 16.9 Å². The topological polar surface area (TPSA) is 113 Å². The summed E-state index contributed by atoms with van der Waals surface area (Å²) in [6.45, 7) is 0.540. The van der Waals surface area contributed by atoms with E-state index < -0.39 is 16.6 Å². The maximum absolute atomic E-state index is 13.0. The Bertz CT molecular complexity index is 1090. The summed E-state index contributed by atoms with van der Waals surface area (Å²) in [6, 6.07) is 12.5. The van der Waals surface area contributed by atoms with Crippen molar-refractivity contribution in [2.24, 2.45) is 0 Å². The number of hydrazine groups is 1. The Labute approximate surface area is 164 Å². The van der Waals surface area contributed by atoms with Gasteiger partial charge in [-0.15, -0.1) is 0 Å². The third kappa shape index (κ3) is 3.55. The predicted molar refractivity (Wildman–Crippen MR) is 103 cm³/mol. The highest BCUT2D eigenvalue weighted by molar-refractivity contribution is 5.95. The second-order valence-electron chi connectivity index (χ2n) is 6.27. The Kier molecular flexibility index (Phi) is 4.73. The van der Waals surface area contributed by atoms with E-state index in [4.69, 9.17) is 0 Å². The van der Waals surface area contributed by atoms with Gasteiger partial charge in [0.15, 0.2) is 0 Å². The lowest BCUT2D eigenvalue weighted by Gasteiger charge is -2.19. The summed E-state index contributed by atoms with van der Waals surface area (Å²) >= 11 is 0. The number of benzene rings is 2. The Morgan fingerprint density at radius 1 is 1.14 bits per heavy atom. The van der Waals surface area contributed by atoms with Crippen LogP contribution >= 0.6 is 0 Å². The van der Waals surface area contributed by atoms with Crippen molar-refractivity contribution in [3.05, 3.63) is 81.9 Å². The monoisotopic (exact) mass is 394 g/mol. The highest BCUT2D eigenvalue weighted by Gasteiger charge is 2.31. The zero-order valence-corrected chi connectivity index (χ0v) is 15.0. The first kappa shape index (κ1) is 18.3. The summed E-state index contributed by atoms with van der Waals surface area (Å²) in [5.41, 5.74) is 6.56. The van der Waals surface area contributed by atoms with Gasteiger partial charge in [-0.25, -0.2) is 14.4 Å². The molecule has 1 amide bonds. The van der Waals surface area contributed by atoms with E-state index in [0.717, 1.165) is 29.8 Å². The minimum absolute atomic E-state index is 0.133. The first-order valence-electron chi connectivity index (χ1n) is 8.71. The molecule has 9 nitrogen and oxygen atoms in total. The molecule has 1 aliphatic rings. The minimum Gasteiger partial charge on any atom is -0.320 e. The van der Waals surface area contributed by atoms with Crippen LogP contribution in [0.3, 0.4) is 0 Å². The second kappa shape index (κ2) is 7.50. The fraction of sp³-hybridized carbons (Fsp3) is 0.105. The summed E-state index contributed by atoms with van der Waals surface area (Å²) < 4.78 is 13.0. The highest BCUT2D eigenvalue weighted by atomic mass is 19.1. The van der Waals surface area contributed by atoms with Gasteiger partial charge in [0.25, 0.3) is 5.91 Å². The Hall–Kier alpha value is -4.08. The van der Waals surface area contributed by atoms with Crippen LogP contribution in [-0.2, 0) is 6.42 Å². The smallest absolute Gasteiger partial charge is 0.320 e. The van der Waals surface area contributed by atoms with Crippen LogP contribution in [0.15, 0.2) is 54.9 Å². The molecule has 1 aliphatic heterocycles. The molecule has 146 valence electrons. The third-order valence-corrected chi connectivity index (χ3v) is 4.53. The lowest BCUT2D eigenvalue weighted by molar-refractivity contribution is -0.383. The van der Waals surface area contributed by atoms with E-state index in [9.17, 15) is 19.3 Å². The Morgan fingerprint density at radius 2 is 1.90 bits per heavy atom. The van der Waals surface area contributed by atoms with Gasteiger partial charge in [-0.05, 0) is 42.3 Å². The van der Waals surface area contributed by atoms with Gasteiger partial charge in [-0.3, -0.25) is 25.8 Å². The number of carbonyl (C=O) groups is 1. The van der Waals surface area contributed by atoms with Gasteiger partial charge < -0.3 is 4.90 Å². The highest BCUT2D eigenvalue weighted by Crippen LogP contribution is 2.39. The van der Waals surface area contributed by atoms with Gasteiger partial charge in [0.05, 0.1) is 4.92 Å². The average molecular weight is 394 g/mol. The zero-order chi connectivity index (χ0) is 20.4. The minimum atomic E-state index is -0.595. The molecular weight excluding hydrogens is 379 g/mol. The molecule has 2 N–H and O–H groups in total. The van der Waals surface area contributed by atoms with Crippen LogP contribution in [0.25, 0.3) is 0 Å². The molecule has 0 saturated heterocycles. The van der Waals surface area contributed by atoms with Crippen molar-refractivity contribution in [3.63, 3.8) is 0 Å². The number of nitrogens with one attached hydrogen (secondary N) is 2. The number of nitro groups is 1. The fourth-order valence-corrected chi connectivity index (χ4v) is 3.17. The number of hydrogen-bond donors (Lipinski definition) is 2. The fourth-order valence-electron chi connectivity index (χ4n) is 3.17. The van der Waals surface area contributed by atoms with E-state index in [1.807, 2.05) is 24.3 Å². The molecule has 0 saturated carbocycles. The molecule has 29 heavy (non-hydrogen) atoms. The number of rotatable bonds is 5. The molecule has 0 bridgehead atoms. The molecule has 0 aliphatic carbocycles. The standard InChI is InChI=1S/C19H15FN6O3/c20-14-7-5-13(6-8-14)19(27)24-23-17-16(26(28)29)18(22-11-21-17)25-10-9-12-3-1-2-4-15(12)25/h1-8,11H,9-10H2,(H,24,27)(H,21,22,23). The van der Waals surface area contributed by atoms with E-state index in [-0.39, 0.29) is 22.9 Å². The summed E-state index contributed by atoms with van der Waals surface area (Å²) in [5.74, 6) is -1.09. The van der Waals surface area contributed by atoms with E-state index in [1.54, 1.807) is 4.90 Å².